The van der Waals surface area contributed by atoms with Gasteiger partial charge in [0, 0.05) is 20.3 Å². The first-order valence-corrected chi connectivity index (χ1v) is 35.5. The Morgan fingerprint density at radius 3 is 0.786 bits per heavy atom. The summed E-state index contributed by atoms with van der Waals surface area (Å²) in [7, 11) is 0. The molecule has 0 amide bonds. The Bertz CT molecular complexity index is 2000. The Kier molecular flexibility index (Phi) is 93.5. The van der Waals surface area contributed by atoms with Gasteiger partial charge in [-0.05, 0) is 222 Å². The van der Waals surface area contributed by atoms with Crippen LogP contribution in [0.4, 0.5) is 0 Å². The van der Waals surface area contributed by atoms with Crippen molar-refractivity contribution in [3.05, 3.63) is 12.7 Å². The van der Waals surface area contributed by atoms with E-state index in [0.717, 1.165) is 55.6 Å². The summed E-state index contributed by atoms with van der Waals surface area (Å²) < 4.78 is 28.2. The Morgan fingerprint density at radius 1 is 0.350 bits per heavy atom. The standard InChI is InChI=1S/C12H22O2.C11H22O2.C11H20O2.C10H19ClO2.C10H20O2.C10H20OS.C10H20S2.14CH4/c1-6-11(2,3)10(13)14-12(4,5)9-7-8-9;2*1-7-10(3,4)9(12)13-11(5,6)8-2;1-6-9(2,3)8(12)13-10(4,5)7-11;3*1-7-10(5,6)8(11)12-9(2,3)4;;;;;;;;;;;;;;/h9H,6-8H2,1-5H3;7-8H2,1-6H3;8H,2,7H2,1,3-6H3;6-7H2,1-5H3;3*7H2,1-6H3;14*1H4. The summed E-state index contributed by atoms with van der Waals surface area (Å²) in [5.41, 5.74) is -3.92. The lowest BCUT2D eigenvalue weighted by Gasteiger charge is -2.30. The van der Waals surface area contributed by atoms with Gasteiger partial charge in [-0.1, -0.05) is 259 Å². The smallest absolute Gasteiger partial charge is 0.312 e. The molecule has 0 aromatic heterocycles. The minimum absolute atomic E-state index is 0. The number of carbonyl (C=O) groups excluding carboxylic acids is 6. The third kappa shape index (κ3) is 73.7. The average molecular weight is 1570 g/mol. The molecule has 1 rings (SSSR count). The van der Waals surface area contributed by atoms with E-state index in [4.69, 9.17) is 47.5 Å². The molecule has 0 aromatic carbocycles. The molecular weight excluding hydrogens is 1360 g/mol. The summed E-state index contributed by atoms with van der Waals surface area (Å²) in [6, 6.07) is 0. The maximum absolute atomic E-state index is 11.8. The van der Waals surface area contributed by atoms with Crippen LogP contribution in [0.5, 0.6) is 0 Å². The van der Waals surface area contributed by atoms with E-state index in [1.54, 1.807) is 6.08 Å². The molecule has 0 radical (unpaired) electrons. The number of hydrogen-bond donors (Lipinski definition) is 0. The molecule has 0 bridgehead atoms. The lowest BCUT2D eigenvalue weighted by molar-refractivity contribution is -0.170. The highest BCUT2D eigenvalue weighted by molar-refractivity contribution is 8.24. The quantitative estimate of drug-likeness (QED) is 0.0333. The molecule has 0 atom stereocenters. The molecule has 1 fully saturated rings. The Hall–Kier alpha value is -2.16. The third-order valence-electron chi connectivity index (χ3n) is 15.9. The van der Waals surface area contributed by atoms with E-state index in [-0.39, 0.29) is 187 Å². The molecule has 11 nitrogen and oxygen atoms in total. The van der Waals surface area contributed by atoms with Crippen molar-refractivity contribution in [1.82, 2.24) is 0 Å². The van der Waals surface area contributed by atoms with E-state index in [2.05, 4.69) is 75.8 Å². The Labute approximate surface area is 672 Å². The molecule has 0 spiro atoms. The summed E-state index contributed by atoms with van der Waals surface area (Å²) in [6.07, 6.45) is 10.9. The molecule has 15 heteroatoms. The molecule has 0 unspecified atom stereocenters. The Morgan fingerprint density at radius 2 is 0.583 bits per heavy atom. The van der Waals surface area contributed by atoms with Gasteiger partial charge in [-0.2, -0.15) is 0 Å². The molecule has 0 aromatic rings. The van der Waals surface area contributed by atoms with Crippen molar-refractivity contribution in [3.63, 3.8) is 0 Å². The van der Waals surface area contributed by atoms with E-state index in [1.807, 2.05) is 213 Å². The van der Waals surface area contributed by atoms with Crippen molar-refractivity contribution in [3.8, 4) is 0 Å². The number of alkyl halides is 1. The minimum Gasteiger partial charge on any atom is -0.460 e. The van der Waals surface area contributed by atoms with Crippen molar-refractivity contribution < 1.29 is 52.5 Å². The molecule has 0 aliphatic heterocycles. The second kappa shape index (κ2) is 62.6. The van der Waals surface area contributed by atoms with Gasteiger partial charge in [0.15, 0.2) is 5.12 Å². The van der Waals surface area contributed by atoms with Crippen LogP contribution < -0.4 is 0 Å². The molecular formula is C88H199ClO11S3. The topological polar surface area (TPSA) is 149 Å². The lowest BCUT2D eigenvalue weighted by Crippen LogP contribution is -2.36. The first-order valence-electron chi connectivity index (χ1n) is 32.9. The van der Waals surface area contributed by atoms with Gasteiger partial charge >= 0.3 is 29.8 Å². The van der Waals surface area contributed by atoms with Crippen LogP contribution in [0.25, 0.3) is 0 Å². The number of rotatable bonds is 22. The zero-order valence-electron chi connectivity index (χ0n) is 65.2. The predicted octanol–water partition coefficient (Wildman–Crippen LogP) is 31.7. The Balaban J connectivity index is -0.0000000424. The van der Waals surface area contributed by atoms with Crippen LogP contribution in [-0.4, -0.2) is 82.5 Å². The fourth-order valence-corrected chi connectivity index (χ4v) is 7.70. The first kappa shape index (κ1) is 154. The number of thiocarbonyl (C=S) groups is 1. The zero-order valence-corrected chi connectivity index (χ0v) is 68.4. The first-order chi connectivity index (χ1) is 39.1. The minimum atomic E-state index is -0.566. The van der Waals surface area contributed by atoms with E-state index < -0.39 is 22.0 Å². The summed E-state index contributed by atoms with van der Waals surface area (Å²) in [6.45, 7) is 81.0. The largest absolute Gasteiger partial charge is 0.460 e. The molecule has 103 heavy (non-hydrogen) atoms. The predicted molar refractivity (Wildman–Crippen MR) is 485 cm³/mol. The SMILES string of the molecule is C.C.C.C.C.C.C.C.C.C.C.C.C.C.C=CC(C)(C)OC(=O)C(C)(C)CC.CCC(C)(C)C(=O)OC(C)(C)C.CCC(C)(C)C(=O)OC(C)(C)C1CC1.CCC(C)(C)C(=O)OC(C)(C)CCl.CCC(C)(C)C(=O)SC(C)(C)C.CCC(C)(C)C(=S)SC(C)(C)C.CCC(C)(C)OC(=O)C(C)(C)CC. The van der Waals surface area contributed by atoms with Gasteiger partial charge < -0.3 is 23.7 Å². The van der Waals surface area contributed by atoms with Crippen molar-refractivity contribution in [2.45, 2.75) is 476 Å². The fourth-order valence-electron chi connectivity index (χ4n) is 4.79. The van der Waals surface area contributed by atoms with Crippen LogP contribution in [0.3, 0.4) is 0 Å². The average Bonchev–Trinajstić information content (AvgIpc) is 1.70. The number of carbonyl (C=O) groups is 6. The molecule has 642 valence electrons. The highest BCUT2D eigenvalue weighted by Crippen LogP contribution is 2.43. The van der Waals surface area contributed by atoms with Gasteiger partial charge in [0.2, 0.25) is 0 Å². The fraction of sp³-hybridized carbons (Fsp3) is 0.898. The molecule has 1 aliphatic rings. The van der Waals surface area contributed by atoms with Crippen molar-refractivity contribution in [2.24, 2.45) is 43.8 Å². The van der Waals surface area contributed by atoms with Crippen molar-refractivity contribution in [1.29, 1.82) is 0 Å². The highest BCUT2D eigenvalue weighted by atomic mass is 35.5. The van der Waals surface area contributed by atoms with Gasteiger partial charge in [-0.25, -0.2) is 0 Å². The van der Waals surface area contributed by atoms with Crippen LogP contribution >= 0.6 is 47.3 Å². The number of hydrogen-bond acceptors (Lipinski definition) is 14. The maximum Gasteiger partial charge on any atom is 0.312 e. The van der Waals surface area contributed by atoms with Crippen LogP contribution in [0.1, 0.15) is 438 Å². The third-order valence-corrected chi connectivity index (χ3v) is 20.1. The summed E-state index contributed by atoms with van der Waals surface area (Å²) in [5.74, 6) is 0.286. The molecule has 0 N–H and O–H groups in total. The van der Waals surface area contributed by atoms with Crippen LogP contribution in [0.2, 0.25) is 0 Å². The van der Waals surface area contributed by atoms with Gasteiger partial charge in [0.25, 0.3) is 0 Å². The van der Waals surface area contributed by atoms with Crippen LogP contribution in [-0.2, 0) is 52.5 Å². The second-order valence-corrected chi connectivity index (χ2v) is 38.0. The maximum atomic E-state index is 11.8. The zero-order chi connectivity index (χ0) is 73.1. The van der Waals surface area contributed by atoms with Gasteiger partial charge in [0.05, 0.1) is 37.2 Å². The molecule has 0 heterocycles. The lowest BCUT2D eigenvalue weighted by atomic mass is 9.90. The van der Waals surface area contributed by atoms with Gasteiger partial charge in [-0.15, -0.1) is 23.4 Å². The van der Waals surface area contributed by atoms with E-state index in [9.17, 15) is 28.8 Å². The molecule has 1 saturated carbocycles. The number of thioether (sulfide) groups is 2. The van der Waals surface area contributed by atoms with Gasteiger partial charge in [0.1, 0.15) is 28.0 Å². The highest BCUT2D eigenvalue weighted by Gasteiger charge is 2.43. The number of esters is 5. The van der Waals surface area contributed by atoms with E-state index in [1.165, 1.54) is 24.6 Å². The van der Waals surface area contributed by atoms with Gasteiger partial charge in [-0.3, -0.25) is 28.8 Å². The van der Waals surface area contributed by atoms with Crippen LogP contribution in [0.15, 0.2) is 12.7 Å². The van der Waals surface area contributed by atoms with E-state index >= 15 is 0 Å². The normalized spacial score (nSPS) is 11.8. The molecule has 1 aliphatic carbocycles. The summed E-state index contributed by atoms with van der Waals surface area (Å²) in [5, 5.41) is 0.303. The van der Waals surface area contributed by atoms with Crippen molar-refractivity contribution >= 4 is 86.5 Å². The second-order valence-electron chi connectivity index (χ2n) is 33.4. The monoisotopic (exact) mass is 1560 g/mol. The summed E-state index contributed by atoms with van der Waals surface area (Å²) in [4.78, 5) is 69.8. The number of ether oxygens (including phenoxy) is 5. The number of halogens is 1. The summed E-state index contributed by atoms with van der Waals surface area (Å²) >= 11 is 14.3. The van der Waals surface area contributed by atoms with Crippen LogP contribution in [0, 0.1) is 43.8 Å². The van der Waals surface area contributed by atoms with E-state index in [0.29, 0.717) is 16.9 Å². The molecule has 0 saturated heterocycles. The van der Waals surface area contributed by atoms with Crippen molar-refractivity contribution in [2.75, 3.05) is 5.88 Å².